The Kier molecular flexibility index (Phi) is 4.58. The maximum absolute atomic E-state index is 12.0. The van der Waals surface area contributed by atoms with Gasteiger partial charge in [-0.25, -0.2) is 0 Å². The Bertz CT molecular complexity index is 274. The van der Waals surface area contributed by atoms with Crippen molar-refractivity contribution in [3.63, 3.8) is 0 Å². The van der Waals surface area contributed by atoms with Crippen LogP contribution in [0.4, 0.5) is 0 Å². The second-order valence-electron chi connectivity index (χ2n) is 4.39. The second kappa shape index (κ2) is 5.72. The Labute approximate surface area is 96.3 Å². The summed E-state index contributed by atoms with van der Waals surface area (Å²) in [5.74, 6) is 1.05. The van der Waals surface area contributed by atoms with Crippen LogP contribution in [0.2, 0.25) is 0 Å². The lowest BCUT2D eigenvalue weighted by molar-refractivity contribution is -0.135. The van der Waals surface area contributed by atoms with Gasteiger partial charge < -0.3 is 15.8 Å². The van der Waals surface area contributed by atoms with Crippen LogP contribution >= 0.6 is 0 Å². The molecule has 5 nitrogen and oxygen atoms in total. The Balaban J connectivity index is 2.42. The highest BCUT2D eigenvalue weighted by molar-refractivity contribution is 5.82. The minimum atomic E-state index is 0.118. The van der Waals surface area contributed by atoms with Gasteiger partial charge >= 0.3 is 0 Å². The average molecular weight is 227 g/mol. The predicted octanol–water partition coefficient (Wildman–Crippen LogP) is 1.02. The maximum atomic E-state index is 12.0. The summed E-state index contributed by atoms with van der Waals surface area (Å²) >= 11 is 0. The van der Waals surface area contributed by atoms with E-state index in [0.717, 1.165) is 0 Å². The van der Waals surface area contributed by atoms with Crippen molar-refractivity contribution in [2.45, 2.75) is 33.1 Å². The average Bonchev–Trinajstić information content (AvgIpc) is 3.12. The Hall–Kier alpha value is -1.26. The molecule has 1 amide bonds. The van der Waals surface area contributed by atoms with E-state index in [0.29, 0.717) is 25.4 Å². The van der Waals surface area contributed by atoms with E-state index in [-0.39, 0.29) is 17.7 Å². The third-order valence-electron chi connectivity index (χ3n) is 3.18. The summed E-state index contributed by atoms with van der Waals surface area (Å²) in [6, 6.07) is 0. The standard InChI is InChI=1S/C11H21N3O2/c1-3-14(7-6-10(12)13-16)11(15)8(2)9-4-5-9/h8-9,16H,3-7H2,1-2H3,(H2,12,13). The zero-order chi connectivity index (χ0) is 12.1. The lowest BCUT2D eigenvalue weighted by Crippen LogP contribution is -2.38. The lowest BCUT2D eigenvalue weighted by atomic mass is 10.0. The van der Waals surface area contributed by atoms with Gasteiger partial charge in [-0.1, -0.05) is 12.1 Å². The van der Waals surface area contributed by atoms with Crippen LogP contribution in [0.15, 0.2) is 5.16 Å². The minimum Gasteiger partial charge on any atom is -0.409 e. The van der Waals surface area contributed by atoms with Gasteiger partial charge in [0, 0.05) is 25.4 Å². The molecule has 0 heterocycles. The van der Waals surface area contributed by atoms with E-state index in [2.05, 4.69) is 5.16 Å². The first-order valence-corrected chi connectivity index (χ1v) is 5.85. The summed E-state index contributed by atoms with van der Waals surface area (Å²) in [6.07, 6.45) is 2.77. The number of hydrogen-bond acceptors (Lipinski definition) is 3. The molecule has 0 aliphatic heterocycles. The summed E-state index contributed by atoms with van der Waals surface area (Å²) < 4.78 is 0. The highest BCUT2D eigenvalue weighted by Crippen LogP contribution is 2.37. The van der Waals surface area contributed by atoms with Crippen molar-refractivity contribution in [1.29, 1.82) is 0 Å². The molecule has 0 aromatic heterocycles. The van der Waals surface area contributed by atoms with Gasteiger partial charge in [-0.2, -0.15) is 0 Å². The van der Waals surface area contributed by atoms with Crippen molar-refractivity contribution in [2.24, 2.45) is 22.7 Å². The molecule has 16 heavy (non-hydrogen) atoms. The molecular weight excluding hydrogens is 206 g/mol. The normalized spacial score (nSPS) is 18.2. The molecule has 0 saturated heterocycles. The van der Waals surface area contributed by atoms with Gasteiger partial charge in [0.25, 0.3) is 0 Å². The van der Waals surface area contributed by atoms with E-state index in [9.17, 15) is 4.79 Å². The minimum absolute atomic E-state index is 0.118. The van der Waals surface area contributed by atoms with Crippen LogP contribution in [0.5, 0.6) is 0 Å². The van der Waals surface area contributed by atoms with Gasteiger partial charge in [-0.05, 0) is 25.7 Å². The molecule has 92 valence electrons. The van der Waals surface area contributed by atoms with E-state index in [1.165, 1.54) is 12.8 Å². The smallest absolute Gasteiger partial charge is 0.225 e. The Morgan fingerprint density at radius 2 is 2.25 bits per heavy atom. The maximum Gasteiger partial charge on any atom is 0.225 e. The van der Waals surface area contributed by atoms with E-state index in [4.69, 9.17) is 10.9 Å². The van der Waals surface area contributed by atoms with E-state index < -0.39 is 0 Å². The number of carbonyl (C=O) groups is 1. The molecule has 5 heteroatoms. The number of amidine groups is 1. The fourth-order valence-corrected chi connectivity index (χ4v) is 1.81. The molecule has 1 saturated carbocycles. The van der Waals surface area contributed by atoms with Crippen LogP contribution in [0.25, 0.3) is 0 Å². The number of rotatable bonds is 6. The SMILES string of the molecule is CCN(CCC(N)=NO)C(=O)C(C)C1CC1. The van der Waals surface area contributed by atoms with Crippen LogP contribution < -0.4 is 5.73 Å². The topological polar surface area (TPSA) is 78.9 Å². The third kappa shape index (κ3) is 3.40. The number of amides is 1. The van der Waals surface area contributed by atoms with Crippen LogP contribution in [0, 0.1) is 11.8 Å². The fraction of sp³-hybridized carbons (Fsp3) is 0.818. The summed E-state index contributed by atoms with van der Waals surface area (Å²) in [7, 11) is 0. The number of oxime groups is 1. The molecule has 1 aliphatic carbocycles. The first-order valence-electron chi connectivity index (χ1n) is 5.85. The molecule has 1 rings (SSSR count). The monoisotopic (exact) mass is 227 g/mol. The highest BCUT2D eigenvalue weighted by Gasteiger charge is 2.34. The van der Waals surface area contributed by atoms with Crippen LogP contribution in [0.3, 0.4) is 0 Å². The summed E-state index contributed by atoms with van der Waals surface area (Å²) in [5.41, 5.74) is 5.39. The molecule has 3 N–H and O–H groups in total. The van der Waals surface area contributed by atoms with Crippen molar-refractivity contribution in [2.75, 3.05) is 13.1 Å². The fourth-order valence-electron chi connectivity index (χ4n) is 1.81. The van der Waals surface area contributed by atoms with Crippen molar-refractivity contribution in [3.8, 4) is 0 Å². The molecule has 0 aromatic rings. The number of nitrogens with two attached hydrogens (primary N) is 1. The molecule has 0 radical (unpaired) electrons. The number of hydrogen-bond donors (Lipinski definition) is 2. The summed E-state index contributed by atoms with van der Waals surface area (Å²) in [6.45, 7) is 5.15. The first-order chi connectivity index (χ1) is 7.60. The van der Waals surface area contributed by atoms with E-state index in [1.807, 2.05) is 13.8 Å². The number of nitrogens with zero attached hydrogens (tertiary/aromatic N) is 2. The second-order valence-corrected chi connectivity index (χ2v) is 4.39. The molecule has 0 bridgehead atoms. The van der Waals surface area contributed by atoms with Crippen molar-refractivity contribution < 1.29 is 10.0 Å². The van der Waals surface area contributed by atoms with E-state index >= 15 is 0 Å². The van der Waals surface area contributed by atoms with Crippen molar-refractivity contribution >= 4 is 11.7 Å². The molecule has 1 unspecified atom stereocenters. The van der Waals surface area contributed by atoms with Crippen LogP contribution in [-0.4, -0.2) is 34.9 Å². The Morgan fingerprint density at radius 1 is 1.62 bits per heavy atom. The van der Waals surface area contributed by atoms with E-state index in [1.54, 1.807) is 4.90 Å². The molecule has 1 aliphatic rings. The predicted molar refractivity (Wildman–Crippen MR) is 62.2 cm³/mol. The first kappa shape index (κ1) is 12.8. The molecule has 1 atom stereocenters. The largest absolute Gasteiger partial charge is 0.409 e. The quantitative estimate of drug-likeness (QED) is 0.308. The molecule has 0 spiro atoms. The lowest BCUT2D eigenvalue weighted by Gasteiger charge is -2.24. The van der Waals surface area contributed by atoms with Gasteiger partial charge in [-0.3, -0.25) is 4.79 Å². The zero-order valence-electron chi connectivity index (χ0n) is 10.0. The summed E-state index contributed by atoms with van der Waals surface area (Å²) in [5, 5.41) is 11.3. The molecular formula is C11H21N3O2. The van der Waals surface area contributed by atoms with Gasteiger partial charge in [0.2, 0.25) is 5.91 Å². The van der Waals surface area contributed by atoms with Gasteiger partial charge in [0.1, 0.15) is 5.84 Å². The summed E-state index contributed by atoms with van der Waals surface area (Å²) in [4.78, 5) is 13.8. The molecule has 0 aromatic carbocycles. The van der Waals surface area contributed by atoms with Crippen molar-refractivity contribution in [1.82, 2.24) is 4.90 Å². The van der Waals surface area contributed by atoms with Gasteiger partial charge in [-0.15, -0.1) is 0 Å². The van der Waals surface area contributed by atoms with Crippen molar-refractivity contribution in [3.05, 3.63) is 0 Å². The zero-order valence-corrected chi connectivity index (χ0v) is 10.0. The highest BCUT2D eigenvalue weighted by atomic mass is 16.4. The van der Waals surface area contributed by atoms with Crippen LogP contribution in [0.1, 0.15) is 33.1 Å². The Morgan fingerprint density at radius 3 is 2.69 bits per heavy atom. The van der Waals surface area contributed by atoms with Crippen LogP contribution in [-0.2, 0) is 4.79 Å². The third-order valence-corrected chi connectivity index (χ3v) is 3.18. The van der Waals surface area contributed by atoms with Gasteiger partial charge in [0.05, 0.1) is 0 Å². The number of carbonyl (C=O) groups excluding carboxylic acids is 1. The van der Waals surface area contributed by atoms with Gasteiger partial charge in [0.15, 0.2) is 0 Å². The molecule has 1 fully saturated rings.